The number of sulfone groups is 1. The van der Waals surface area contributed by atoms with E-state index in [1.807, 2.05) is 6.07 Å². The summed E-state index contributed by atoms with van der Waals surface area (Å²) in [5.74, 6) is -0.756. The molecule has 9 nitrogen and oxygen atoms in total. The first kappa shape index (κ1) is 20.1. The van der Waals surface area contributed by atoms with Gasteiger partial charge in [-0.3, -0.25) is 14.2 Å². The average molecular weight is 428 g/mol. The molecule has 30 heavy (non-hydrogen) atoms. The minimum Gasteiger partial charge on any atom is -0.307 e. The van der Waals surface area contributed by atoms with Gasteiger partial charge < -0.3 is 4.90 Å². The minimum atomic E-state index is -3.26. The summed E-state index contributed by atoms with van der Waals surface area (Å²) in [6.45, 7) is -0.168. The largest absolute Gasteiger partial charge is 0.331 e. The van der Waals surface area contributed by atoms with Crippen LogP contribution in [0.2, 0.25) is 0 Å². The van der Waals surface area contributed by atoms with Crippen LogP contribution in [0.15, 0.2) is 39.9 Å². The number of anilines is 1. The summed E-state index contributed by atoms with van der Waals surface area (Å²) in [6.07, 6.45) is 1.40. The van der Waals surface area contributed by atoms with Crippen molar-refractivity contribution >= 4 is 21.4 Å². The third-order valence-corrected chi connectivity index (χ3v) is 7.36. The van der Waals surface area contributed by atoms with E-state index in [4.69, 9.17) is 0 Å². The number of amides is 1. The van der Waals surface area contributed by atoms with Crippen LogP contribution in [0.1, 0.15) is 24.1 Å². The lowest BCUT2D eigenvalue weighted by Crippen LogP contribution is -2.48. The maximum Gasteiger partial charge on any atom is 0.331 e. The average Bonchev–Trinajstić information content (AvgIpc) is 3.33. The van der Waals surface area contributed by atoms with Gasteiger partial charge >= 0.3 is 5.69 Å². The minimum absolute atomic E-state index is 0.0195. The number of aromatic nitrogens is 2. The number of benzene rings is 1. The fourth-order valence-electron chi connectivity index (χ4n) is 4.23. The standard InChI is InChI=1S/C20H20N4O5S/c21-11-16-17-7-4-9-22(17)20(27)23(19(16)26)12-18(25)24(14-5-2-1-3-6-14)15-8-10-30(28,29)13-15/h1-3,5-6,15H,4,7-10,12-13H2/t15-/m1/s1. The van der Waals surface area contributed by atoms with Gasteiger partial charge in [-0.2, -0.15) is 5.26 Å². The zero-order chi connectivity index (χ0) is 21.5. The molecule has 0 N–H and O–H groups in total. The smallest absolute Gasteiger partial charge is 0.307 e. The Labute approximate surface area is 172 Å². The molecule has 2 aliphatic heterocycles. The number of carbonyl (C=O) groups is 1. The van der Waals surface area contributed by atoms with Gasteiger partial charge in [0.05, 0.1) is 17.5 Å². The van der Waals surface area contributed by atoms with E-state index >= 15 is 0 Å². The molecule has 0 saturated carbocycles. The molecule has 1 atom stereocenters. The lowest BCUT2D eigenvalue weighted by Gasteiger charge is -2.28. The summed E-state index contributed by atoms with van der Waals surface area (Å²) < 4.78 is 26.2. The fourth-order valence-corrected chi connectivity index (χ4v) is 5.93. The van der Waals surface area contributed by atoms with E-state index in [0.717, 1.165) is 4.57 Å². The Hall–Kier alpha value is -3.19. The van der Waals surface area contributed by atoms with Crippen LogP contribution in [-0.2, 0) is 34.1 Å². The number of nitriles is 1. The molecule has 1 saturated heterocycles. The highest BCUT2D eigenvalue weighted by atomic mass is 32.2. The normalized spacial score (nSPS) is 19.2. The number of hydrogen-bond acceptors (Lipinski definition) is 6. The van der Waals surface area contributed by atoms with E-state index in [2.05, 4.69) is 0 Å². The van der Waals surface area contributed by atoms with Crippen molar-refractivity contribution in [2.45, 2.75) is 38.4 Å². The Kier molecular flexibility index (Phi) is 5.07. The number of nitrogens with zero attached hydrogens (tertiary/aromatic N) is 4. The van der Waals surface area contributed by atoms with Gasteiger partial charge in [0.25, 0.3) is 5.56 Å². The van der Waals surface area contributed by atoms with E-state index in [1.165, 1.54) is 9.47 Å². The van der Waals surface area contributed by atoms with Crippen molar-refractivity contribution in [1.82, 2.24) is 9.13 Å². The predicted molar refractivity (Wildman–Crippen MR) is 109 cm³/mol. The summed E-state index contributed by atoms with van der Waals surface area (Å²) in [7, 11) is -3.26. The maximum absolute atomic E-state index is 13.3. The third kappa shape index (κ3) is 3.45. The Morgan fingerprint density at radius 3 is 2.60 bits per heavy atom. The van der Waals surface area contributed by atoms with Crippen LogP contribution in [0, 0.1) is 11.3 Å². The highest BCUT2D eigenvalue weighted by Crippen LogP contribution is 2.25. The van der Waals surface area contributed by atoms with Crippen LogP contribution >= 0.6 is 0 Å². The first-order valence-corrected chi connectivity index (χ1v) is 11.5. The van der Waals surface area contributed by atoms with Crippen molar-refractivity contribution in [2.75, 3.05) is 16.4 Å². The van der Waals surface area contributed by atoms with Crippen LogP contribution in [0.25, 0.3) is 0 Å². The predicted octanol–water partition coefficient (Wildman–Crippen LogP) is 0.0482. The molecule has 10 heteroatoms. The summed E-state index contributed by atoms with van der Waals surface area (Å²) in [5, 5.41) is 9.41. The molecular formula is C20H20N4O5S. The van der Waals surface area contributed by atoms with Crippen molar-refractivity contribution in [3.8, 4) is 6.07 Å². The number of hydrogen-bond donors (Lipinski definition) is 0. The highest BCUT2D eigenvalue weighted by molar-refractivity contribution is 7.91. The summed E-state index contributed by atoms with van der Waals surface area (Å²) in [6, 6.07) is 9.88. The zero-order valence-corrected chi connectivity index (χ0v) is 17.0. The fraction of sp³-hybridized carbons (Fsp3) is 0.400. The number of rotatable bonds is 4. The van der Waals surface area contributed by atoms with Gasteiger partial charge in [0.1, 0.15) is 18.2 Å². The van der Waals surface area contributed by atoms with Gasteiger partial charge in [-0.05, 0) is 31.4 Å². The topological polar surface area (TPSA) is 122 Å². The second kappa shape index (κ2) is 7.57. The lowest BCUT2D eigenvalue weighted by molar-refractivity contribution is -0.119. The van der Waals surface area contributed by atoms with Crippen LogP contribution in [0.4, 0.5) is 5.69 Å². The van der Waals surface area contributed by atoms with E-state index in [0.29, 0.717) is 30.8 Å². The molecular weight excluding hydrogens is 408 g/mol. The zero-order valence-electron chi connectivity index (χ0n) is 16.2. The highest BCUT2D eigenvalue weighted by Gasteiger charge is 2.36. The monoisotopic (exact) mass is 428 g/mol. The molecule has 0 spiro atoms. The van der Waals surface area contributed by atoms with Gasteiger partial charge in [0.15, 0.2) is 9.84 Å². The molecule has 0 unspecified atom stereocenters. The summed E-state index contributed by atoms with van der Waals surface area (Å²) in [5.41, 5.74) is -0.602. The third-order valence-electron chi connectivity index (χ3n) is 5.61. The lowest BCUT2D eigenvalue weighted by atomic mass is 10.1. The van der Waals surface area contributed by atoms with Crippen LogP contribution in [0.5, 0.6) is 0 Å². The molecule has 0 aliphatic carbocycles. The van der Waals surface area contributed by atoms with Crippen LogP contribution < -0.4 is 16.1 Å². The van der Waals surface area contributed by atoms with E-state index in [9.17, 15) is 28.1 Å². The maximum atomic E-state index is 13.3. The van der Waals surface area contributed by atoms with Gasteiger partial charge in [0.2, 0.25) is 5.91 Å². The Balaban J connectivity index is 1.75. The van der Waals surface area contributed by atoms with Crippen molar-refractivity contribution in [1.29, 1.82) is 5.26 Å². The number of fused-ring (bicyclic) bond motifs is 1. The molecule has 156 valence electrons. The van der Waals surface area contributed by atoms with E-state index in [1.54, 1.807) is 30.3 Å². The molecule has 1 aromatic heterocycles. The molecule has 2 aromatic rings. The molecule has 1 amide bonds. The van der Waals surface area contributed by atoms with E-state index in [-0.39, 0.29) is 23.5 Å². The van der Waals surface area contributed by atoms with Crippen molar-refractivity contribution < 1.29 is 13.2 Å². The first-order valence-electron chi connectivity index (χ1n) is 9.66. The Morgan fingerprint density at radius 1 is 1.23 bits per heavy atom. The second-order valence-electron chi connectivity index (χ2n) is 7.52. The van der Waals surface area contributed by atoms with Gasteiger partial charge in [-0.15, -0.1) is 0 Å². The molecule has 0 bridgehead atoms. The number of para-hydroxylation sites is 1. The summed E-state index contributed by atoms with van der Waals surface area (Å²) >= 11 is 0. The molecule has 1 fully saturated rings. The van der Waals surface area contributed by atoms with Crippen LogP contribution in [-0.4, -0.2) is 41.0 Å². The Bertz CT molecular complexity index is 1270. The Morgan fingerprint density at radius 2 is 1.97 bits per heavy atom. The van der Waals surface area contributed by atoms with Crippen LogP contribution in [0.3, 0.4) is 0 Å². The quantitative estimate of drug-likeness (QED) is 0.678. The van der Waals surface area contributed by atoms with Gasteiger partial charge in [-0.1, -0.05) is 18.2 Å². The summed E-state index contributed by atoms with van der Waals surface area (Å²) in [4.78, 5) is 40.2. The molecule has 4 rings (SSSR count). The molecule has 0 radical (unpaired) electrons. The number of carbonyl (C=O) groups excluding carboxylic acids is 1. The molecule has 2 aliphatic rings. The van der Waals surface area contributed by atoms with Crippen molar-refractivity contribution in [2.24, 2.45) is 0 Å². The SMILES string of the molecule is N#Cc1c2n(c(=O)n(CC(=O)N(c3ccccc3)[C@@H]3CCS(=O)(=O)C3)c1=O)CCC2. The van der Waals surface area contributed by atoms with E-state index < -0.39 is 39.6 Å². The first-order chi connectivity index (χ1) is 14.3. The molecule has 3 heterocycles. The van der Waals surface area contributed by atoms with Crippen molar-refractivity contribution in [3.05, 3.63) is 62.4 Å². The van der Waals surface area contributed by atoms with Crippen molar-refractivity contribution in [3.63, 3.8) is 0 Å². The molecule has 1 aromatic carbocycles. The van der Waals surface area contributed by atoms with Gasteiger partial charge in [-0.25, -0.2) is 17.8 Å². The van der Waals surface area contributed by atoms with Gasteiger partial charge in [0, 0.05) is 17.9 Å². The second-order valence-corrected chi connectivity index (χ2v) is 9.75.